The maximum Gasteiger partial charge on any atom is 0.321 e. The first-order valence-electron chi connectivity index (χ1n) is 7.95. The Hall–Kier alpha value is -2.16. The molecule has 0 spiro atoms. The fraction of sp³-hybridized carbons (Fsp3) is 0.235. The molecule has 1 aliphatic heterocycles. The normalized spacial score (nSPS) is 15.7. The van der Waals surface area contributed by atoms with E-state index in [0.29, 0.717) is 10.7 Å². The number of amides is 2. The van der Waals surface area contributed by atoms with E-state index in [9.17, 15) is 17.6 Å². The minimum absolute atomic E-state index is 0.0899. The molecule has 0 saturated carbocycles. The second-order valence-corrected chi connectivity index (χ2v) is 8.05. The number of nitrogens with one attached hydrogen (secondary N) is 1. The molecule has 1 aliphatic rings. The lowest BCUT2D eigenvalue weighted by atomic mass is 10.3. The number of carbonyl (C=O) groups excluding carboxylic acids is 1. The van der Waals surface area contributed by atoms with E-state index in [0.717, 1.165) is 6.07 Å². The molecule has 2 aromatic rings. The molecule has 3 rings (SSSR count). The summed E-state index contributed by atoms with van der Waals surface area (Å²) in [4.78, 5) is 13.5. The molecular formula is C17H17ClFN3O3S. The highest BCUT2D eigenvalue weighted by molar-refractivity contribution is 7.89. The van der Waals surface area contributed by atoms with Crippen LogP contribution >= 0.6 is 11.6 Å². The molecule has 0 bridgehead atoms. The van der Waals surface area contributed by atoms with Gasteiger partial charge in [-0.15, -0.1) is 0 Å². The van der Waals surface area contributed by atoms with Crippen LogP contribution in [0.15, 0.2) is 53.4 Å². The van der Waals surface area contributed by atoms with Crippen LogP contribution in [0.25, 0.3) is 0 Å². The molecule has 26 heavy (non-hydrogen) atoms. The molecule has 2 amide bonds. The Bertz CT molecular complexity index is 915. The van der Waals surface area contributed by atoms with E-state index in [1.165, 1.54) is 27.4 Å². The number of urea groups is 1. The zero-order valence-electron chi connectivity index (χ0n) is 13.7. The number of rotatable bonds is 3. The van der Waals surface area contributed by atoms with Gasteiger partial charge in [-0.1, -0.05) is 35.9 Å². The molecule has 0 unspecified atom stereocenters. The van der Waals surface area contributed by atoms with E-state index in [-0.39, 0.29) is 37.1 Å². The Kier molecular flexibility index (Phi) is 5.45. The summed E-state index contributed by atoms with van der Waals surface area (Å²) in [6.45, 7) is 0.577. The van der Waals surface area contributed by atoms with Crippen molar-refractivity contribution >= 4 is 33.3 Å². The predicted molar refractivity (Wildman–Crippen MR) is 97.2 cm³/mol. The monoisotopic (exact) mass is 397 g/mol. The van der Waals surface area contributed by atoms with Crippen molar-refractivity contribution in [1.82, 2.24) is 9.21 Å². The molecule has 138 valence electrons. The average molecular weight is 398 g/mol. The molecule has 1 saturated heterocycles. The molecular weight excluding hydrogens is 381 g/mol. The fourth-order valence-electron chi connectivity index (χ4n) is 2.68. The number of nitrogens with zero attached hydrogens (tertiary/aromatic N) is 2. The third-order valence-electron chi connectivity index (χ3n) is 4.10. The summed E-state index contributed by atoms with van der Waals surface area (Å²) < 4.78 is 40.2. The zero-order chi connectivity index (χ0) is 18.7. The van der Waals surface area contributed by atoms with E-state index in [1.807, 2.05) is 0 Å². The van der Waals surface area contributed by atoms with Crippen molar-refractivity contribution in [2.24, 2.45) is 0 Å². The molecule has 6 nitrogen and oxygen atoms in total. The van der Waals surface area contributed by atoms with E-state index >= 15 is 0 Å². The number of sulfonamides is 1. The van der Waals surface area contributed by atoms with Gasteiger partial charge in [-0.3, -0.25) is 0 Å². The van der Waals surface area contributed by atoms with Crippen LogP contribution in [-0.2, 0) is 10.0 Å². The number of piperazine rings is 1. The molecule has 0 aromatic heterocycles. The first-order chi connectivity index (χ1) is 12.4. The van der Waals surface area contributed by atoms with Crippen molar-refractivity contribution in [2.75, 3.05) is 31.5 Å². The quantitative estimate of drug-likeness (QED) is 0.865. The summed E-state index contributed by atoms with van der Waals surface area (Å²) >= 11 is 6.02. The second-order valence-electron chi connectivity index (χ2n) is 5.73. The van der Waals surface area contributed by atoms with Gasteiger partial charge in [0.25, 0.3) is 0 Å². The van der Waals surface area contributed by atoms with Crippen LogP contribution in [0.2, 0.25) is 5.02 Å². The third kappa shape index (κ3) is 3.82. The first-order valence-corrected chi connectivity index (χ1v) is 9.76. The number of anilines is 1. The molecule has 1 N–H and O–H groups in total. The summed E-state index contributed by atoms with van der Waals surface area (Å²) in [5, 5.41) is 3.12. The zero-order valence-corrected chi connectivity index (χ0v) is 15.3. The van der Waals surface area contributed by atoms with Gasteiger partial charge in [-0.25, -0.2) is 17.6 Å². The lowest BCUT2D eigenvalue weighted by Gasteiger charge is -2.34. The highest BCUT2D eigenvalue weighted by atomic mass is 35.5. The maximum atomic E-state index is 13.8. The number of halogens is 2. The van der Waals surface area contributed by atoms with Crippen LogP contribution < -0.4 is 5.32 Å². The van der Waals surface area contributed by atoms with Gasteiger partial charge < -0.3 is 10.2 Å². The molecule has 0 atom stereocenters. The largest absolute Gasteiger partial charge is 0.322 e. The Morgan fingerprint density at radius 3 is 2.27 bits per heavy atom. The summed E-state index contributed by atoms with van der Waals surface area (Å²) in [7, 11) is -3.93. The Morgan fingerprint density at radius 1 is 1.00 bits per heavy atom. The summed E-state index contributed by atoms with van der Waals surface area (Å²) in [5.41, 5.74) is 0.487. The molecule has 1 heterocycles. The van der Waals surface area contributed by atoms with Crippen LogP contribution in [-0.4, -0.2) is 49.8 Å². The van der Waals surface area contributed by atoms with E-state index < -0.39 is 15.8 Å². The first kappa shape index (κ1) is 18.6. The van der Waals surface area contributed by atoms with Crippen LogP contribution in [0.5, 0.6) is 0 Å². The average Bonchev–Trinajstić information content (AvgIpc) is 2.64. The Labute approximate surface area is 156 Å². The molecule has 0 radical (unpaired) electrons. The Morgan fingerprint density at radius 2 is 1.62 bits per heavy atom. The van der Waals surface area contributed by atoms with Crippen molar-refractivity contribution in [1.29, 1.82) is 0 Å². The molecule has 9 heteroatoms. The van der Waals surface area contributed by atoms with Crippen molar-refractivity contribution in [3.8, 4) is 0 Å². The van der Waals surface area contributed by atoms with E-state index in [2.05, 4.69) is 5.32 Å². The van der Waals surface area contributed by atoms with Gasteiger partial charge in [0.05, 0.1) is 10.7 Å². The fourth-order valence-corrected chi connectivity index (χ4v) is 4.35. The predicted octanol–water partition coefficient (Wildman–Crippen LogP) is 3.02. The lowest BCUT2D eigenvalue weighted by molar-refractivity contribution is 0.184. The highest BCUT2D eigenvalue weighted by Gasteiger charge is 2.31. The van der Waals surface area contributed by atoms with Crippen molar-refractivity contribution < 1.29 is 17.6 Å². The second kappa shape index (κ2) is 7.61. The minimum atomic E-state index is -3.93. The molecule has 1 fully saturated rings. The summed E-state index contributed by atoms with van der Waals surface area (Å²) in [6.07, 6.45) is 0. The van der Waals surface area contributed by atoms with Crippen LogP contribution in [0.3, 0.4) is 0 Å². The van der Waals surface area contributed by atoms with Crippen LogP contribution in [0, 0.1) is 5.82 Å². The lowest BCUT2D eigenvalue weighted by Crippen LogP contribution is -2.51. The number of benzene rings is 2. The van der Waals surface area contributed by atoms with Gasteiger partial charge in [-0.05, 0) is 24.3 Å². The van der Waals surface area contributed by atoms with E-state index in [1.54, 1.807) is 24.3 Å². The third-order valence-corrected chi connectivity index (χ3v) is 6.36. The molecule has 0 aliphatic carbocycles. The number of carbonyl (C=O) groups is 1. The SMILES string of the molecule is O=C(Nc1ccccc1Cl)N1CCN(S(=O)(=O)c2ccccc2F)CC1. The van der Waals surface area contributed by atoms with Gasteiger partial charge in [-0.2, -0.15) is 4.31 Å². The van der Waals surface area contributed by atoms with Crippen molar-refractivity contribution in [3.05, 3.63) is 59.4 Å². The van der Waals surface area contributed by atoms with Gasteiger partial charge in [0, 0.05) is 26.2 Å². The minimum Gasteiger partial charge on any atom is -0.322 e. The van der Waals surface area contributed by atoms with Crippen LogP contribution in [0.1, 0.15) is 0 Å². The number of hydrogen-bond acceptors (Lipinski definition) is 3. The van der Waals surface area contributed by atoms with Gasteiger partial charge >= 0.3 is 6.03 Å². The Balaban J connectivity index is 1.65. The van der Waals surface area contributed by atoms with E-state index in [4.69, 9.17) is 11.6 Å². The summed E-state index contributed by atoms with van der Waals surface area (Å²) in [6, 6.07) is 11.7. The number of hydrogen-bond donors (Lipinski definition) is 1. The van der Waals surface area contributed by atoms with Gasteiger partial charge in [0.15, 0.2) is 0 Å². The van der Waals surface area contributed by atoms with Crippen LogP contribution in [0.4, 0.5) is 14.9 Å². The topological polar surface area (TPSA) is 69.7 Å². The standard InChI is InChI=1S/C17H17ClFN3O3S/c18-13-5-1-3-7-15(13)20-17(23)21-9-11-22(12-10-21)26(24,25)16-8-4-2-6-14(16)19/h1-8H,9-12H2,(H,20,23). The van der Waals surface area contributed by atoms with Crippen molar-refractivity contribution in [2.45, 2.75) is 4.90 Å². The van der Waals surface area contributed by atoms with Gasteiger partial charge in [0.2, 0.25) is 10.0 Å². The van der Waals surface area contributed by atoms with Gasteiger partial charge in [0.1, 0.15) is 10.7 Å². The maximum absolute atomic E-state index is 13.8. The highest BCUT2D eigenvalue weighted by Crippen LogP contribution is 2.22. The molecule has 2 aromatic carbocycles. The summed E-state index contributed by atoms with van der Waals surface area (Å²) in [5.74, 6) is -0.786. The van der Waals surface area contributed by atoms with Crippen molar-refractivity contribution in [3.63, 3.8) is 0 Å². The smallest absolute Gasteiger partial charge is 0.321 e. The number of para-hydroxylation sites is 1.